The van der Waals surface area contributed by atoms with E-state index in [0.717, 1.165) is 17.7 Å². The van der Waals surface area contributed by atoms with Crippen LogP contribution in [0.25, 0.3) is 33.4 Å². The lowest BCUT2D eigenvalue weighted by molar-refractivity contribution is -0.122. The number of rotatable bonds is 6. The van der Waals surface area contributed by atoms with Crippen molar-refractivity contribution in [2.45, 2.75) is 26.3 Å². The highest BCUT2D eigenvalue weighted by atomic mass is 35.5. The lowest BCUT2D eigenvalue weighted by Crippen LogP contribution is -2.26. The summed E-state index contributed by atoms with van der Waals surface area (Å²) in [5.41, 5.74) is 3.66. The van der Waals surface area contributed by atoms with Crippen molar-refractivity contribution in [1.82, 2.24) is 29.8 Å². The number of hydrogen-bond donors (Lipinski definition) is 2. The molecular formula is C25H24ClN7O2. The normalized spacial score (nSPS) is 15.4. The second kappa shape index (κ2) is 9.42. The predicted octanol–water partition coefficient (Wildman–Crippen LogP) is 3.45. The van der Waals surface area contributed by atoms with E-state index < -0.39 is 0 Å². The maximum atomic E-state index is 13.7. The summed E-state index contributed by atoms with van der Waals surface area (Å²) in [4.78, 5) is 43.4. The van der Waals surface area contributed by atoms with Gasteiger partial charge in [0.15, 0.2) is 0 Å². The van der Waals surface area contributed by atoms with Crippen LogP contribution in [0.5, 0.6) is 0 Å². The molecule has 1 aliphatic rings. The van der Waals surface area contributed by atoms with Crippen LogP contribution in [0.3, 0.4) is 0 Å². The topological polar surface area (TPSA) is 115 Å². The fourth-order valence-corrected chi connectivity index (χ4v) is 4.66. The first-order chi connectivity index (χ1) is 16.9. The van der Waals surface area contributed by atoms with Crippen LogP contribution in [0.4, 0.5) is 5.95 Å². The smallest absolute Gasteiger partial charge is 0.260 e. The first-order valence-corrected chi connectivity index (χ1v) is 11.8. The van der Waals surface area contributed by atoms with Gasteiger partial charge in [-0.1, -0.05) is 23.7 Å². The number of benzene rings is 1. The second-order valence-corrected chi connectivity index (χ2v) is 8.95. The Labute approximate surface area is 206 Å². The second-order valence-electron chi connectivity index (χ2n) is 8.54. The Kier molecular flexibility index (Phi) is 6.17. The van der Waals surface area contributed by atoms with E-state index in [4.69, 9.17) is 11.6 Å². The van der Waals surface area contributed by atoms with Gasteiger partial charge < -0.3 is 10.6 Å². The number of carbonyl (C=O) groups excluding carboxylic acids is 1. The highest BCUT2D eigenvalue weighted by Crippen LogP contribution is 2.31. The Balaban J connectivity index is 1.60. The first-order valence-electron chi connectivity index (χ1n) is 11.4. The number of nitrogens with one attached hydrogen (secondary N) is 2. The quantitative estimate of drug-likeness (QED) is 0.426. The predicted molar refractivity (Wildman–Crippen MR) is 135 cm³/mol. The maximum absolute atomic E-state index is 13.7. The van der Waals surface area contributed by atoms with Crippen molar-refractivity contribution in [1.29, 1.82) is 0 Å². The molecule has 1 fully saturated rings. The molecular weight excluding hydrogens is 466 g/mol. The fraction of sp³-hybridized carbons (Fsp3) is 0.280. The number of anilines is 1. The Bertz CT molecular complexity index is 1500. The van der Waals surface area contributed by atoms with Crippen molar-refractivity contribution in [2.24, 2.45) is 5.92 Å². The van der Waals surface area contributed by atoms with Gasteiger partial charge in [-0.25, -0.2) is 9.97 Å². The third-order valence-electron chi connectivity index (χ3n) is 6.22. The van der Waals surface area contributed by atoms with Crippen LogP contribution >= 0.6 is 11.6 Å². The molecule has 1 aliphatic heterocycles. The minimum Gasteiger partial charge on any atom is -0.357 e. The molecule has 0 aliphatic carbocycles. The molecule has 10 heteroatoms. The summed E-state index contributed by atoms with van der Waals surface area (Å²) in [6, 6.07) is 7.25. The zero-order valence-corrected chi connectivity index (χ0v) is 20.1. The number of hydrogen-bond acceptors (Lipinski definition) is 7. The third kappa shape index (κ3) is 4.46. The van der Waals surface area contributed by atoms with Crippen molar-refractivity contribution in [2.75, 3.05) is 18.9 Å². The Morgan fingerprint density at radius 1 is 1.14 bits per heavy atom. The maximum Gasteiger partial charge on any atom is 0.260 e. The van der Waals surface area contributed by atoms with E-state index >= 15 is 0 Å². The Morgan fingerprint density at radius 2 is 2.00 bits per heavy atom. The zero-order chi connectivity index (χ0) is 24.5. The summed E-state index contributed by atoms with van der Waals surface area (Å²) in [5, 5.41) is 6.91. The Hall–Kier alpha value is -3.85. The molecule has 0 saturated carbocycles. The molecule has 0 radical (unpaired) electrons. The van der Waals surface area contributed by atoms with E-state index in [2.05, 4.69) is 30.6 Å². The van der Waals surface area contributed by atoms with Crippen molar-refractivity contribution < 1.29 is 4.79 Å². The van der Waals surface area contributed by atoms with Crippen molar-refractivity contribution >= 4 is 34.5 Å². The van der Waals surface area contributed by atoms with E-state index in [-0.39, 0.29) is 17.4 Å². The van der Waals surface area contributed by atoms with E-state index in [0.29, 0.717) is 58.3 Å². The van der Waals surface area contributed by atoms with Crippen LogP contribution in [0, 0.1) is 12.8 Å². The van der Waals surface area contributed by atoms with Crippen LogP contribution in [0.1, 0.15) is 18.5 Å². The molecule has 4 aromatic rings. The number of aromatic nitrogens is 5. The number of halogens is 1. The number of nitrogens with zero attached hydrogens (tertiary/aromatic N) is 5. The monoisotopic (exact) mass is 489 g/mol. The molecule has 2 N–H and O–H groups in total. The van der Waals surface area contributed by atoms with Gasteiger partial charge in [0.25, 0.3) is 5.56 Å². The van der Waals surface area contributed by atoms with Gasteiger partial charge >= 0.3 is 0 Å². The van der Waals surface area contributed by atoms with Crippen LogP contribution in [-0.2, 0) is 11.3 Å². The van der Waals surface area contributed by atoms with Gasteiger partial charge in [0.1, 0.15) is 5.65 Å². The molecule has 0 bridgehead atoms. The lowest BCUT2D eigenvalue weighted by Gasteiger charge is -2.15. The molecule has 4 heterocycles. The van der Waals surface area contributed by atoms with Crippen molar-refractivity contribution in [3.63, 3.8) is 0 Å². The van der Waals surface area contributed by atoms with E-state index in [1.807, 2.05) is 19.1 Å². The van der Waals surface area contributed by atoms with Crippen LogP contribution < -0.4 is 16.2 Å². The number of amides is 1. The highest BCUT2D eigenvalue weighted by Gasteiger charge is 2.24. The molecule has 35 heavy (non-hydrogen) atoms. The number of fused-ring (bicyclic) bond motifs is 1. The summed E-state index contributed by atoms with van der Waals surface area (Å²) in [5.74, 6) is 0.324. The SMILES string of the molecule is CNc1ncc2cc(-c3ccc(-c4cncc(C)n4)cc3Cl)c(=O)n(CCC3CCNC3=O)c2n1. The molecule has 1 amide bonds. The molecule has 1 saturated heterocycles. The molecule has 1 unspecified atom stereocenters. The van der Waals surface area contributed by atoms with Crippen molar-refractivity contribution in [3.05, 3.63) is 63.9 Å². The fourth-order valence-electron chi connectivity index (χ4n) is 4.38. The number of aryl methyl sites for hydroxylation is 2. The van der Waals surface area contributed by atoms with Gasteiger partial charge in [-0.3, -0.25) is 19.1 Å². The van der Waals surface area contributed by atoms with E-state index in [9.17, 15) is 9.59 Å². The summed E-state index contributed by atoms with van der Waals surface area (Å²) in [6.07, 6.45) is 6.35. The molecule has 178 valence electrons. The van der Waals surface area contributed by atoms with Gasteiger partial charge in [0, 0.05) is 65.5 Å². The van der Waals surface area contributed by atoms with Gasteiger partial charge in [-0.2, -0.15) is 4.98 Å². The first kappa shape index (κ1) is 22.9. The molecule has 5 rings (SSSR count). The number of pyridine rings is 1. The summed E-state index contributed by atoms with van der Waals surface area (Å²) >= 11 is 6.69. The standard InChI is InChI=1S/C25H24ClN7O2/c1-14-11-28-13-21(31-14)16-3-4-18(20(26)10-16)19-9-17-12-30-25(27-2)32-22(17)33(24(19)35)8-6-15-5-7-29-23(15)34/h3-4,9-13,15H,5-8H2,1-2H3,(H,29,34)(H,27,30,32). The van der Waals surface area contributed by atoms with Crippen LogP contribution in [0.15, 0.2) is 47.7 Å². The van der Waals surface area contributed by atoms with Crippen LogP contribution in [-0.4, -0.2) is 44.0 Å². The largest absolute Gasteiger partial charge is 0.357 e. The van der Waals surface area contributed by atoms with Gasteiger partial charge in [-0.05, 0) is 31.9 Å². The molecule has 1 aromatic carbocycles. The van der Waals surface area contributed by atoms with E-state index in [1.54, 1.807) is 42.3 Å². The Morgan fingerprint density at radius 3 is 2.71 bits per heavy atom. The van der Waals surface area contributed by atoms with Gasteiger partial charge in [0.2, 0.25) is 11.9 Å². The molecule has 1 atom stereocenters. The summed E-state index contributed by atoms with van der Waals surface area (Å²) in [6.45, 7) is 2.90. The summed E-state index contributed by atoms with van der Waals surface area (Å²) in [7, 11) is 1.72. The average molecular weight is 490 g/mol. The molecule has 3 aromatic heterocycles. The van der Waals surface area contributed by atoms with Gasteiger partial charge in [-0.15, -0.1) is 0 Å². The average Bonchev–Trinajstić information content (AvgIpc) is 3.27. The highest BCUT2D eigenvalue weighted by molar-refractivity contribution is 6.33. The van der Waals surface area contributed by atoms with Crippen LogP contribution in [0.2, 0.25) is 5.02 Å². The lowest BCUT2D eigenvalue weighted by atomic mass is 10.0. The minimum atomic E-state index is -0.221. The number of carbonyl (C=O) groups is 1. The zero-order valence-electron chi connectivity index (χ0n) is 19.4. The third-order valence-corrected chi connectivity index (χ3v) is 6.54. The molecule has 0 spiro atoms. The molecule has 9 nitrogen and oxygen atoms in total. The van der Waals surface area contributed by atoms with E-state index in [1.165, 1.54) is 0 Å². The summed E-state index contributed by atoms with van der Waals surface area (Å²) < 4.78 is 1.62. The van der Waals surface area contributed by atoms with Crippen molar-refractivity contribution in [3.8, 4) is 22.4 Å². The minimum absolute atomic E-state index is 0.0296. The van der Waals surface area contributed by atoms with Gasteiger partial charge in [0.05, 0.1) is 17.6 Å².